The number of likely N-dealkylation sites (tertiary alicyclic amines) is 1. The smallest absolute Gasteiger partial charge is 0.228 e. The first-order valence-corrected chi connectivity index (χ1v) is 4.53. The fraction of sp³-hybridized carbons (Fsp3) is 0.364. The van der Waals surface area contributed by atoms with Crippen LogP contribution in [0.1, 0.15) is 18.5 Å². The summed E-state index contributed by atoms with van der Waals surface area (Å²) < 4.78 is 0. The van der Waals surface area contributed by atoms with Gasteiger partial charge in [0.1, 0.15) is 0 Å². The van der Waals surface area contributed by atoms with Gasteiger partial charge in [-0.2, -0.15) is 0 Å². The molecule has 2 heteroatoms. The van der Waals surface area contributed by atoms with E-state index >= 15 is 0 Å². The highest BCUT2D eigenvalue weighted by Crippen LogP contribution is 2.37. The predicted octanol–water partition coefficient (Wildman–Crippen LogP) is 1.84. The first-order valence-electron chi connectivity index (χ1n) is 4.53. The number of β-lactam (4-membered cyclic amide) rings is 1. The number of benzene rings is 1. The van der Waals surface area contributed by atoms with Crippen molar-refractivity contribution in [3.63, 3.8) is 0 Å². The summed E-state index contributed by atoms with van der Waals surface area (Å²) in [6.07, 6.45) is 0. The summed E-state index contributed by atoms with van der Waals surface area (Å²) in [4.78, 5) is 13.1. The summed E-state index contributed by atoms with van der Waals surface area (Å²) in [7, 11) is 1.86. The standard InChI is InChI=1S/C11H13NO/c1-8-10(12(2)11(8)13)9-6-4-3-5-7-9/h3-8,10H,1-2H3/t8-,10-/m0/s1. The molecule has 13 heavy (non-hydrogen) atoms. The number of amides is 1. The molecule has 1 aliphatic rings. The zero-order valence-corrected chi connectivity index (χ0v) is 7.90. The molecule has 1 aromatic carbocycles. The molecule has 1 saturated heterocycles. The maximum Gasteiger partial charge on any atom is 0.228 e. The van der Waals surface area contributed by atoms with Crippen molar-refractivity contribution in [2.24, 2.45) is 5.92 Å². The third-order valence-electron chi connectivity index (χ3n) is 2.77. The first-order chi connectivity index (χ1) is 6.22. The van der Waals surface area contributed by atoms with Crippen LogP contribution in [0.5, 0.6) is 0 Å². The minimum Gasteiger partial charge on any atom is -0.338 e. The van der Waals surface area contributed by atoms with Crippen LogP contribution in [0.25, 0.3) is 0 Å². The lowest BCUT2D eigenvalue weighted by Gasteiger charge is -2.43. The Bertz CT molecular complexity index is 308. The van der Waals surface area contributed by atoms with Crippen molar-refractivity contribution < 1.29 is 4.79 Å². The van der Waals surface area contributed by atoms with E-state index in [2.05, 4.69) is 12.1 Å². The molecule has 1 heterocycles. The average Bonchev–Trinajstić information content (AvgIpc) is 2.19. The fourth-order valence-corrected chi connectivity index (χ4v) is 2.01. The van der Waals surface area contributed by atoms with Crippen molar-refractivity contribution in [3.05, 3.63) is 35.9 Å². The summed E-state index contributed by atoms with van der Waals surface area (Å²) in [6.45, 7) is 1.99. The van der Waals surface area contributed by atoms with E-state index in [-0.39, 0.29) is 17.9 Å². The maximum atomic E-state index is 11.3. The van der Waals surface area contributed by atoms with Crippen LogP contribution in [0.2, 0.25) is 0 Å². The van der Waals surface area contributed by atoms with Crippen molar-refractivity contribution in [3.8, 4) is 0 Å². The molecule has 1 fully saturated rings. The Morgan fingerprint density at radius 1 is 1.23 bits per heavy atom. The monoisotopic (exact) mass is 175 g/mol. The second-order valence-electron chi connectivity index (χ2n) is 3.59. The Hall–Kier alpha value is -1.31. The van der Waals surface area contributed by atoms with Crippen LogP contribution < -0.4 is 0 Å². The van der Waals surface area contributed by atoms with Gasteiger partial charge in [-0.3, -0.25) is 4.79 Å². The zero-order chi connectivity index (χ0) is 9.42. The van der Waals surface area contributed by atoms with E-state index in [1.807, 2.05) is 32.2 Å². The maximum absolute atomic E-state index is 11.3. The Morgan fingerprint density at radius 3 is 2.38 bits per heavy atom. The normalized spacial score (nSPS) is 27.2. The van der Waals surface area contributed by atoms with Crippen molar-refractivity contribution in [1.29, 1.82) is 0 Å². The molecule has 0 aliphatic carbocycles. The summed E-state index contributed by atoms with van der Waals surface area (Å²) in [5.74, 6) is 0.390. The lowest BCUT2D eigenvalue weighted by Crippen LogP contribution is -2.51. The van der Waals surface area contributed by atoms with Gasteiger partial charge in [0.05, 0.1) is 12.0 Å². The van der Waals surface area contributed by atoms with Gasteiger partial charge in [0.15, 0.2) is 0 Å². The van der Waals surface area contributed by atoms with E-state index in [0.29, 0.717) is 0 Å². The molecule has 68 valence electrons. The highest BCUT2D eigenvalue weighted by molar-refractivity contribution is 5.85. The number of nitrogens with zero attached hydrogens (tertiary/aromatic N) is 1. The fourth-order valence-electron chi connectivity index (χ4n) is 2.01. The van der Waals surface area contributed by atoms with Crippen LogP contribution in [0.4, 0.5) is 0 Å². The van der Waals surface area contributed by atoms with Crippen LogP contribution >= 0.6 is 0 Å². The molecule has 0 unspecified atom stereocenters. The SMILES string of the molecule is C[C@@H]1C(=O)N(C)[C@@H]1c1ccccc1. The highest BCUT2D eigenvalue weighted by Gasteiger charge is 2.42. The van der Waals surface area contributed by atoms with Gasteiger partial charge in [-0.15, -0.1) is 0 Å². The molecule has 0 N–H and O–H groups in total. The quantitative estimate of drug-likeness (QED) is 0.596. The van der Waals surface area contributed by atoms with Crippen molar-refractivity contribution in [2.75, 3.05) is 7.05 Å². The third-order valence-corrected chi connectivity index (χ3v) is 2.77. The molecule has 0 saturated carbocycles. The Balaban J connectivity index is 2.25. The number of rotatable bonds is 1. The summed E-state index contributed by atoms with van der Waals surface area (Å²) in [6, 6.07) is 10.5. The van der Waals surface area contributed by atoms with Gasteiger partial charge in [-0.25, -0.2) is 0 Å². The minimum atomic E-state index is 0.146. The second kappa shape index (κ2) is 2.87. The van der Waals surface area contributed by atoms with Gasteiger partial charge in [-0.1, -0.05) is 37.3 Å². The lowest BCUT2D eigenvalue weighted by molar-refractivity contribution is -0.152. The summed E-state index contributed by atoms with van der Waals surface area (Å²) in [5.41, 5.74) is 1.23. The Morgan fingerprint density at radius 2 is 1.85 bits per heavy atom. The van der Waals surface area contributed by atoms with E-state index in [4.69, 9.17) is 0 Å². The molecule has 0 bridgehead atoms. The van der Waals surface area contributed by atoms with Gasteiger partial charge in [-0.05, 0) is 5.56 Å². The molecular formula is C11H13NO. The average molecular weight is 175 g/mol. The largest absolute Gasteiger partial charge is 0.338 e. The molecule has 2 rings (SSSR count). The molecule has 1 aromatic rings. The molecule has 0 aromatic heterocycles. The van der Waals surface area contributed by atoms with Crippen LogP contribution in [0, 0.1) is 5.92 Å². The van der Waals surface area contributed by atoms with Crippen LogP contribution in [0.15, 0.2) is 30.3 Å². The highest BCUT2D eigenvalue weighted by atomic mass is 16.2. The van der Waals surface area contributed by atoms with Gasteiger partial charge < -0.3 is 4.90 Å². The molecule has 0 spiro atoms. The summed E-state index contributed by atoms with van der Waals surface area (Å²) >= 11 is 0. The number of hydrogen-bond acceptors (Lipinski definition) is 1. The van der Waals surface area contributed by atoms with E-state index in [9.17, 15) is 4.79 Å². The molecular weight excluding hydrogens is 162 g/mol. The van der Waals surface area contributed by atoms with Crippen LogP contribution in [-0.4, -0.2) is 17.9 Å². The number of carbonyl (C=O) groups excluding carboxylic acids is 1. The van der Waals surface area contributed by atoms with Gasteiger partial charge >= 0.3 is 0 Å². The van der Waals surface area contributed by atoms with E-state index in [0.717, 1.165) is 0 Å². The van der Waals surface area contributed by atoms with Crippen molar-refractivity contribution >= 4 is 5.91 Å². The predicted molar refractivity (Wildman–Crippen MR) is 51.1 cm³/mol. The van der Waals surface area contributed by atoms with Crippen LogP contribution in [0.3, 0.4) is 0 Å². The number of carbonyl (C=O) groups is 1. The molecule has 1 aliphatic heterocycles. The van der Waals surface area contributed by atoms with E-state index in [1.165, 1.54) is 5.56 Å². The van der Waals surface area contributed by atoms with Crippen LogP contribution in [-0.2, 0) is 4.79 Å². The zero-order valence-electron chi connectivity index (χ0n) is 7.90. The molecule has 1 amide bonds. The van der Waals surface area contributed by atoms with Gasteiger partial charge in [0.25, 0.3) is 0 Å². The molecule has 2 atom stereocenters. The van der Waals surface area contributed by atoms with Gasteiger partial charge in [0.2, 0.25) is 5.91 Å². The molecule has 0 radical (unpaired) electrons. The second-order valence-corrected chi connectivity index (χ2v) is 3.59. The topological polar surface area (TPSA) is 20.3 Å². The number of hydrogen-bond donors (Lipinski definition) is 0. The Labute approximate surface area is 78.2 Å². The van der Waals surface area contributed by atoms with Crippen molar-refractivity contribution in [2.45, 2.75) is 13.0 Å². The Kier molecular flexibility index (Phi) is 1.83. The molecule has 2 nitrogen and oxygen atoms in total. The summed E-state index contributed by atoms with van der Waals surface area (Å²) in [5, 5.41) is 0. The first kappa shape index (κ1) is 8.30. The lowest BCUT2D eigenvalue weighted by atomic mass is 9.85. The van der Waals surface area contributed by atoms with Gasteiger partial charge in [0, 0.05) is 7.05 Å². The third kappa shape index (κ3) is 1.13. The van der Waals surface area contributed by atoms with Crippen molar-refractivity contribution in [1.82, 2.24) is 4.90 Å². The minimum absolute atomic E-state index is 0.146. The van der Waals surface area contributed by atoms with E-state index in [1.54, 1.807) is 4.90 Å². The van der Waals surface area contributed by atoms with E-state index < -0.39 is 0 Å².